The molecule has 1 saturated heterocycles. The van der Waals surface area contributed by atoms with Gasteiger partial charge in [0.15, 0.2) is 0 Å². The molecule has 1 aliphatic rings. The third kappa shape index (κ3) is 3.50. The number of piperidine rings is 1. The number of rotatable bonds is 3. The first-order valence-electron chi connectivity index (χ1n) is 6.42. The van der Waals surface area contributed by atoms with Crippen LogP contribution in [0, 0.1) is 12.8 Å². The molecule has 0 radical (unpaired) electrons. The van der Waals surface area contributed by atoms with E-state index in [1.165, 1.54) is 0 Å². The maximum absolute atomic E-state index is 13.6. The van der Waals surface area contributed by atoms with Crippen LogP contribution in [0.1, 0.15) is 22.3 Å². The molecule has 2 N–H and O–H groups in total. The third-order valence-electron chi connectivity index (χ3n) is 3.45. The van der Waals surface area contributed by atoms with Crippen LogP contribution in [0.4, 0.5) is 8.78 Å². The highest BCUT2D eigenvalue weighted by molar-refractivity contribution is 5.94. The Morgan fingerprint density at radius 3 is 2.74 bits per heavy atom. The molecule has 19 heavy (non-hydrogen) atoms. The number of amides is 1. The first-order chi connectivity index (χ1) is 8.99. The van der Waals surface area contributed by atoms with E-state index in [0.29, 0.717) is 18.5 Å². The van der Waals surface area contributed by atoms with Crippen molar-refractivity contribution < 1.29 is 13.6 Å². The number of benzene rings is 1. The molecule has 0 aliphatic carbocycles. The highest BCUT2D eigenvalue weighted by atomic mass is 19.3. The van der Waals surface area contributed by atoms with Crippen LogP contribution in [0.15, 0.2) is 24.3 Å². The Labute approximate surface area is 111 Å². The summed E-state index contributed by atoms with van der Waals surface area (Å²) < 4.78 is 27.1. The fourth-order valence-corrected chi connectivity index (χ4v) is 2.16. The second-order valence-electron chi connectivity index (χ2n) is 5.00. The summed E-state index contributed by atoms with van der Waals surface area (Å²) in [5.41, 5.74) is 1.56. The molecule has 1 fully saturated rings. The molecule has 0 bridgehead atoms. The average molecular weight is 268 g/mol. The Morgan fingerprint density at radius 1 is 1.42 bits per heavy atom. The molecule has 0 aromatic heterocycles. The Bertz CT molecular complexity index is 445. The van der Waals surface area contributed by atoms with E-state index in [4.69, 9.17) is 0 Å². The molecule has 104 valence electrons. The molecule has 5 heteroatoms. The van der Waals surface area contributed by atoms with Crippen LogP contribution < -0.4 is 10.6 Å². The van der Waals surface area contributed by atoms with Gasteiger partial charge in [-0.05, 0) is 32.0 Å². The highest BCUT2D eigenvalue weighted by Crippen LogP contribution is 2.28. The van der Waals surface area contributed by atoms with Gasteiger partial charge in [-0.25, -0.2) is 8.78 Å². The summed E-state index contributed by atoms with van der Waals surface area (Å²) in [6.45, 7) is 2.21. The molecule has 1 atom stereocenters. The number of alkyl halides is 2. The van der Waals surface area contributed by atoms with Crippen molar-refractivity contribution in [1.82, 2.24) is 10.6 Å². The number of hydrogen-bond acceptors (Lipinski definition) is 2. The molecular weight excluding hydrogens is 250 g/mol. The van der Waals surface area contributed by atoms with E-state index in [0.717, 1.165) is 5.56 Å². The smallest absolute Gasteiger partial charge is 0.264 e. The van der Waals surface area contributed by atoms with Gasteiger partial charge in [0.05, 0.1) is 6.54 Å². The summed E-state index contributed by atoms with van der Waals surface area (Å²) in [6.07, 6.45) is 0.376. The van der Waals surface area contributed by atoms with Crippen molar-refractivity contribution in [1.29, 1.82) is 0 Å². The van der Waals surface area contributed by atoms with Gasteiger partial charge >= 0.3 is 0 Å². The van der Waals surface area contributed by atoms with Crippen molar-refractivity contribution in [2.75, 3.05) is 19.6 Å². The number of hydrogen-bond donors (Lipinski definition) is 2. The fourth-order valence-electron chi connectivity index (χ4n) is 2.16. The first kappa shape index (κ1) is 13.9. The van der Waals surface area contributed by atoms with E-state index in [9.17, 15) is 13.6 Å². The van der Waals surface area contributed by atoms with Gasteiger partial charge in [0.1, 0.15) is 0 Å². The minimum atomic E-state index is -2.75. The van der Waals surface area contributed by atoms with Gasteiger partial charge < -0.3 is 10.6 Å². The van der Waals surface area contributed by atoms with Gasteiger partial charge in [0.2, 0.25) is 0 Å². The topological polar surface area (TPSA) is 41.1 Å². The minimum absolute atomic E-state index is 0.0153. The molecule has 1 heterocycles. The van der Waals surface area contributed by atoms with Gasteiger partial charge in [-0.3, -0.25) is 4.79 Å². The van der Waals surface area contributed by atoms with Crippen LogP contribution in [-0.2, 0) is 0 Å². The average Bonchev–Trinajstić information content (AvgIpc) is 2.37. The molecular formula is C14H18F2N2O. The van der Waals surface area contributed by atoms with Crippen molar-refractivity contribution in [3.63, 3.8) is 0 Å². The summed E-state index contributed by atoms with van der Waals surface area (Å²) in [4.78, 5) is 11.8. The van der Waals surface area contributed by atoms with Crippen molar-refractivity contribution in [3.05, 3.63) is 35.4 Å². The Balaban J connectivity index is 1.91. The van der Waals surface area contributed by atoms with Gasteiger partial charge in [-0.2, -0.15) is 0 Å². The minimum Gasteiger partial charge on any atom is -0.352 e. The Morgan fingerprint density at radius 2 is 2.11 bits per heavy atom. The quantitative estimate of drug-likeness (QED) is 0.880. The molecule has 1 aromatic carbocycles. The van der Waals surface area contributed by atoms with E-state index < -0.39 is 11.8 Å². The van der Waals surface area contributed by atoms with Crippen LogP contribution in [0.3, 0.4) is 0 Å². The number of aryl methyl sites for hydroxylation is 1. The Hall–Kier alpha value is -1.49. The van der Waals surface area contributed by atoms with E-state index in [1.54, 1.807) is 12.1 Å². The maximum atomic E-state index is 13.6. The summed E-state index contributed by atoms with van der Waals surface area (Å²) >= 11 is 0. The summed E-state index contributed by atoms with van der Waals surface area (Å²) in [6, 6.07) is 7.05. The zero-order chi connectivity index (χ0) is 13.9. The van der Waals surface area contributed by atoms with Gasteiger partial charge in [-0.15, -0.1) is 0 Å². The van der Waals surface area contributed by atoms with Crippen molar-refractivity contribution >= 4 is 5.91 Å². The van der Waals surface area contributed by atoms with Crippen molar-refractivity contribution in [3.8, 4) is 0 Å². The molecule has 1 amide bonds. The summed E-state index contributed by atoms with van der Waals surface area (Å²) in [5, 5.41) is 5.26. The third-order valence-corrected chi connectivity index (χ3v) is 3.45. The van der Waals surface area contributed by atoms with Crippen LogP contribution in [0.25, 0.3) is 0 Å². The molecule has 2 rings (SSSR count). The first-order valence-corrected chi connectivity index (χ1v) is 6.42. The van der Waals surface area contributed by atoms with Crippen LogP contribution in [0.2, 0.25) is 0 Å². The van der Waals surface area contributed by atoms with E-state index in [-0.39, 0.29) is 19.0 Å². The number of nitrogens with one attached hydrogen (secondary N) is 2. The van der Waals surface area contributed by atoms with E-state index in [2.05, 4.69) is 10.6 Å². The molecule has 1 aromatic rings. The molecule has 0 spiro atoms. The van der Waals surface area contributed by atoms with Crippen molar-refractivity contribution in [2.24, 2.45) is 5.92 Å². The van der Waals surface area contributed by atoms with Crippen LogP contribution in [-0.4, -0.2) is 31.5 Å². The summed E-state index contributed by atoms with van der Waals surface area (Å²) in [7, 11) is 0. The van der Waals surface area contributed by atoms with E-state index >= 15 is 0 Å². The highest BCUT2D eigenvalue weighted by Gasteiger charge is 2.41. The normalized spacial score (nSPS) is 21.9. The van der Waals surface area contributed by atoms with Gasteiger partial charge in [-0.1, -0.05) is 17.7 Å². The monoisotopic (exact) mass is 268 g/mol. The lowest BCUT2D eigenvalue weighted by Gasteiger charge is -2.31. The number of halogens is 2. The molecule has 1 unspecified atom stereocenters. The zero-order valence-electron chi connectivity index (χ0n) is 10.9. The molecule has 1 aliphatic heterocycles. The largest absolute Gasteiger partial charge is 0.352 e. The lowest BCUT2D eigenvalue weighted by molar-refractivity contribution is -0.0712. The van der Waals surface area contributed by atoms with Gasteiger partial charge in [0, 0.05) is 18.0 Å². The van der Waals surface area contributed by atoms with Crippen LogP contribution >= 0.6 is 0 Å². The number of carbonyl (C=O) groups is 1. The summed E-state index contributed by atoms with van der Waals surface area (Å²) in [5.74, 6) is -3.84. The lowest BCUT2D eigenvalue weighted by atomic mass is 9.94. The maximum Gasteiger partial charge on any atom is 0.264 e. The molecule has 3 nitrogen and oxygen atoms in total. The zero-order valence-corrected chi connectivity index (χ0v) is 10.9. The molecule has 0 saturated carbocycles. The van der Waals surface area contributed by atoms with E-state index in [1.807, 2.05) is 19.1 Å². The lowest BCUT2D eigenvalue weighted by Crippen LogP contribution is -2.50. The fraction of sp³-hybridized carbons (Fsp3) is 0.500. The second kappa shape index (κ2) is 5.65. The number of carbonyl (C=O) groups excluding carboxylic acids is 1. The predicted octanol–water partition coefficient (Wildman–Crippen LogP) is 1.97. The predicted molar refractivity (Wildman–Crippen MR) is 69.4 cm³/mol. The van der Waals surface area contributed by atoms with Crippen LogP contribution in [0.5, 0.6) is 0 Å². The second-order valence-corrected chi connectivity index (χ2v) is 5.00. The Kier molecular flexibility index (Phi) is 4.14. The SMILES string of the molecule is Cc1ccc(C(=O)NCC2CCNCC2(F)F)cc1. The van der Waals surface area contributed by atoms with Gasteiger partial charge in [0.25, 0.3) is 11.8 Å². The van der Waals surface area contributed by atoms with Crippen molar-refractivity contribution in [2.45, 2.75) is 19.3 Å². The standard InChI is InChI=1S/C14H18F2N2O/c1-10-2-4-11(5-3-10)13(19)18-8-12-6-7-17-9-14(12,15)16/h2-5,12,17H,6-9H2,1H3,(H,18,19).